The highest BCUT2D eigenvalue weighted by atomic mass is 35.5. The van der Waals surface area contributed by atoms with Crippen molar-refractivity contribution < 1.29 is 9.53 Å². The third-order valence-corrected chi connectivity index (χ3v) is 2.82. The third-order valence-electron chi connectivity index (χ3n) is 1.68. The van der Waals surface area contributed by atoms with Gasteiger partial charge in [0, 0.05) is 5.38 Å². The Hall–Kier alpha value is -0.610. The summed E-state index contributed by atoms with van der Waals surface area (Å²) in [4.78, 5) is 15.6. The van der Waals surface area contributed by atoms with Crippen LogP contribution in [0.5, 0.6) is 0 Å². The van der Waals surface area contributed by atoms with Crippen LogP contribution in [0.1, 0.15) is 31.5 Å². The van der Waals surface area contributed by atoms with E-state index in [1.807, 2.05) is 26.2 Å². The van der Waals surface area contributed by atoms with E-state index in [1.54, 1.807) is 0 Å². The van der Waals surface area contributed by atoms with Crippen molar-refractivity contribution in [1.29, 1.82) is 0 Å². The molecule has 84 valence electrons. The highest BCUT2D eigenvalue weighted by Gasteiger charge is 2.23. The molecule has 0 atom stereocenters. The van der Waals surface area contributed by atoms with Gasteiger partial charge in [-0.05, 0) is 20.8 Å². The van der Waals surface area contributed by atoms with Gasteiger partial charge in [0.2, 0.25) is 0 Å². The first kappa shape index (κ1) is 12.5. The zero-order valence-electron chi connectivity index (χ0n) is 9.04. The van der Waals surface area contributed by atoms with Gasteiger partial charge in [-0.2, -0.15) is 0 Å². The number of halogens is 1. The van der Waals surface area contributed by atoms with Crippen molar-refractivity contribution in [3.8, 4) is 0 Å². The van der Waals surface area contributed by atoms with Gasteiger partial charge in [-0.1, -0.05) is 0 Å². The lowest BCUT2D eigenvalue weighted by Crippen LogP contribution is -2.22. The molecule has 0 fully saturated rings. The van der Waals surface area contributed by atoms with Crippen molar-refractivity contribution in [2.75, 3.05) is 0 Å². The number of ether oxygens (including phenoxy) is 1. The molecule has 0 aliphatic rings. The topological polar surface area (TPSA) is 39.2 Å². The first-order valence-corrected chi connectivity index (χ1v) is 6.01. The fourth-order valence-electron chi connectivity index (χ4n) is 0.820. The van der Waals surface area contributed by atoms with Crippen LogP contribution in [0.3, 0.4) is 0 Å². The van der Waals surface area contributed by atoms with Crippen LogP contribution in [0, 0.1) is 5.41 Å². The summed E-state index contributed by atoms with van der Waals surface area (Å²) in [6.07, 6.45) is 0. The minimum Gasteiger partial charge on any atom is -0.458 e. The van der Waals surface area contributed by atoms with Crippen LogP contribution in [-0.2, 0) is 22.0 Å². The predicted octanol–water partition coefficient (Wildman–Crippen LogP) is 2.97. The number of carbonyl (C=O) groups excluding carboxylic acids is 1. The number of hydrogen-bond donors (Lipinski definition) is 0. The molecule has 0 aliphatic carbocycles. The average Bonchev–Trinajstić information content (AvgIpc) is 2.60. The molecule has 5 heteroatoms. The summed E-state index contributed by atoms with van der Waals surface area (Å²) < 4.78 is 5.12. The zero-order chi connectivity index (χ0) is 11.5. The summed E-state index contributed by atoms with van der Waals surface area (Å²) in [6.45, 7) is 5.70. The highest BCUT2D eigenvalue weighted by molar-refractivity contribution is 7.09. The molecule has 0 spiro atoms. The average molecular weight is 248 g/mol. The minimum atomic E-state index is -0.466. The van der Waals surface area contributed by atoms with E-state index in [1.165, 1.54) is 11.3 Å². The number of thiazole rings is 1. The van der Waals surface area contributed by atoms with E-state index in [0.29, 0.717) is 5.88 Å². The van der Waals surface area contributed by atoms with Crippen molar-refractivity contribution in [3.05, 3.63) is 16.1 Å². The summed E-state index contributed by atoms with van der Waals surface area (Å²) in [7, 11) is 0. The van der Waals surface area contributed by atoms with Gasteiger partial charge in [0.25, 0.3) is 0 Å². The van der Waals surface area contributed by atoms with Crippen molar-refractivity contribution in [3.63, 3.8) is 0 Å². The maximum absolute atomic E-state index is 11.4. The normalized spacial score (nSPS) is 11.5. The third kappa shape index (κ3) is 3.80. The lowest BCUT2D eigenvalue weighted by Gasteiger charge is -2.15. The highest BCUT2D eigenvalue weighted by Crippen LogP contribution is 2.18. The Morgan fingerprint density at radius 3 is 2.73 bits per heavy atom. The second-order valence-corrected chi connectivity index (χ2v) is 5.40. The molecule has 1 aromatic rings. The molecule has 0 unspecified atom stereocenters. The van der Waals surface area contributed by atoms with E-state index in [0.717, 1.165) is 10.7 Å². The smallest absolute Gasteiger partial charge is 0.311 e. The first-order chi connectivity index (χ1) is 6.93. The number of hydrogen-bond acceptors (Lipinski definition) is 4. The Morgan fingerprint density at radius 1 is 1.60 bits per heavy atom. The number of carbonyl (C=O) groups is 1. The summed E-state index contributed by atoms with van der Waals surface area (Å²) in [5.74, 6) is 0.175. The van der Waals surface area contributed by atoms with Crippen LogP contribution < -0.4 is 0 Å². The molecule has 15 heavy (non-hydrogen) atoms. The van der Waals surface area contributed by atoms with Gasteiger partial charge in [0.1, 0.15) is 11.6 Å². The number of aromatic nitrogens is 1. The molecule has 0 radical (unpaired) electrons. The Kier molecular flexibility index (Phi) is 4.11. The van der Waals surface area contributed by atoms with E-state index < -0.39 is 5.41 Å². The molecule has 0 aromatic carbocycles. The maximum Gasteiger partial charge on any atom is 0.311 e. The van der Waals surface area contributed by atoms with Gasteiger partial charge >= 0.3 is 5.97 Å². The molecule has 0 N–H and O–H groups in total. The fourth-order valence-corrected chi connectivity index (χ4v) is 1.75. The molecule has 3 nitrogen and oxygen atoms in total. The molecule has 0 aliphatic heterocycles. The standard InChI is InChI=1S/C10H14ClNO2S/c1-10(2,3)9(13)14-5-8-12-7(4-11)6-15-8/h6H,4-5H2,1-3H3. The van der Waals surface area contributed by atoms with Crippen molar-refractivity contribution in [2.45, 2.75) is 33.3 Å². The molecule has 1 rings (SSSR count). The number of alkyl halides is 1. The zero-order valence-corrected chi connectivity index (χ0v) is 10.6. The molecule has 0 amide bonds. The Balaban J connectivity index is 2.47. The van der Waals surface area contributed by atoms with Crippen molar-refractivity contribution in [2.24, 2.45) is 5.41 Å². The largest absolute Gasteiger partial charge is 0.458 e. The van der Waals surface area contributed by atoms with Crippen LogP contribution >= 0.6 is 22.9 Å². The summed E-state index contributed by atoms with van der Waals surface area (Å²) >= 11 is 7.07. The van der Waals surface area contributed by atoms with E-state index in [2.05, 4.69) is 4.98 Å². The Morgan fingerprint density at radius 2 is 2.27 bits per heavy atom. The van der Waals surface area contributed by atoms with Crippen molar-refractivity contribution in [1.82, 2.24) is 4.98 Å². The van der Waals surface area contributed by atoms with Crippen LogP contribution in [0.25, 0.3) is 0 Å². The predicted molar refractivity (Wildman–Crippen MR) is 60.9 cm³/mol. The second-order valence-electron chi connectivity index (χ2n) is 4.19. The molecule has 0 saturated carbocycles. The summed E-state index contributed by atoms with van der Waals surface area (Å²) in [6, 6.07) is 0. The van der Waals surface area contributed by atoms with Crippen LogP contribution in [0.4, 0.5) is 0 Å². The molecular weight excluding hydrogens is 234 g/mol. The lowest BCUT2D eigenvalue weighted by atomic mass is 9.97. The molecular formula is C10H14ClNO2S. The molecule has 1 heterocycles. The fraction of sp³-hybridized carbons (Fsp3) is 0.600. The van der Waals surface area contributed by atoms with Gasteiger partial charge in [-0.15, -0.1) is 22.9 Å². The van der Waals surface area contributed by atoms with E-state index in [9.17, 15) is 4.79 Å². The number of rotatable bonds is 3. The molecule has 0 saturated heterocycles. The van der Waals surface area contributed by atoms with E-state index in [4.69, 9.17) is 16.3 Å². The van der Waals surface area contributed by atoms with Crippen LogP contribution in [0.15, 0.2) is 5.38 Å². The maximum atomic E-state index is 11.4. The van der Waals surface area contributed by atoms with Gasteiger partial charge < -0.3 is 4.74 Å². The van der Waals surface area contributed by atoms with Crippen LogP contribution in [-0.4, -0.2) is 11.0 Å². The Labute approximate surface area is 98.4 Å². The van der Waals surface area contributed by atoms with E-state index in [-0.39, 0.29) is 12.6 Å². The summed E-state index contributed by atoms with van der Waals surface area (Å²) in [5.41, 5.74) is 0.357. The minimum absolute atomic E-state index is 0.217. The quantitative estimate of drug-likeness (QED) is 0.609. The van der Waals surface area contributed by atoms with E-state index >= 15 is 0 Å². The Bertz CT molecular complexity index is 343. The van der Waals surface area contributed by atoms with Gasteiger partial charge in [-0.3, -0.25) is 4.79 Å². The summed E-state index contributed by atoms with van der Waals surface area (Å²) in [5, 5.41) is 2.65. The van der Waals surface area contributed by atoms with Crippen LogP contribution in [0.2, 0.25) is 0 Å². The number of nitrogens with zero attached hydrogens (tertiary/aromatic N) is 1. The molecule has 0 bridgehead atoms. The molecule has 1 aromatic heterocycles. The second kappa shape index (κ2) is 4.94. The van der Waals surface area contributed by atoms with Crippen molar-refractivity contribution >= 4 is 28.9 Å². The monoisotopic (exact) mass is 247 g/mol. The lowest BCUT2D eigenvalue weighted by molar-refractivity contribution is -0.154. The van der Waals surface area contributed by atoms with Gasteiger partial charge in [-0.25, -0.2) is 4.98 Å². The van der Waals surface area contributed by atoms with Gasteiger partial charge in [0.05, 0.1) is 17.0 Å². The SMILES string of the molecule is CC(C)(C)C(=O)OCc1nc(CCl)cs1. The first-order valence-electron chi connectivity index (χ1n) is 4.60. The van der Waals surface area contributed by atoms with Gasteiger partial charge in [0.15, 0.2) is 0 Å². The number of esters is 1.